The minimum atomic E-state index is 1.14. The molecular formula is C60H45N3. The summed E-state index contributed by atoms with van der Waals surface area (Å²) in [7, 11) is 0. The normalized spacial score (nSPS) is 11.8. The molecule has 0 radical (unpaired) electrons. The van der Waals surface area contributed by atoms with Gasteiger partial charge in [-0.1, -0.05) is 103 Å². The Morgan fingerprint density at radius 1 is 0.317 bits per heavy atom. The second kappa shape index (κ2) is 14.4. The third-order valence-corrected chi connectivity index (χ3v) is 13.1. The number of rotatable bonds is 7. The van der Waals surface area contributed by atoms with Crippen LogP contribution in [0.3, 0.4) is 0 Å². The number of hydrogen-bond donors (Lipinski definition) is 0. The van der Waals surface area contributed by atoms with Gasteiger partial charge in [-0.05, 0) is 180 Å². The van der Waals surface area contributed by atoms with Gasteiger partial charge in [-0.3, -0.25) is 0 Å². The van der Waals surface area contributed by atoms with Crippen molar-refractivity contribution in [2.75, 3.05) is 9.80 Å². The van der Waals surface area contributed by atoms with Crippen molar-refractivity contribution < 1.29 is 0 Å². The lowest BCUT2D eigenvalue weighted by molar-refractivity contribution is 1.24. The zero-order chi connectivity index (χ0) is 42.3. The SMILES string of the molecule is Cc1ccc(C)c(N(c2ccccc2)c2ccc3cc4c5cc(-c6ccccc6)cc6c7cc8ccc(N(c9ccccc9)c9cc(C)ccc9C)cc8cc7n(c4cc3c2)c56)c1. The lowest BCUT2D eigenvalue weighted by Crippen LogP contribution is -2.11. The fourth-order valence-corrected chi connectivity index (χ4v) is 10.0. The van der Waals surface area contributed by atoms with E-state index >= 15 is 0 Å². The predicted octanol–water partition coefficient (Wildman–Crippen LogP) is 17.0. The van der Waals surface area contributed by atoms with Gasteiger partial charge in [-0.25, -0.2) is 0 Å². The molecule has 12 aromatic rings. The van der Waals surface area contributed by atoms with Crippen LogP contribution in [-0.2, 0) is 0 Å². The standard InChI is InChI=1S/C60H45N3/c1-38-20-22-40(3)56(28-38)61(48-16-10-6-11-17-48)50-26-24-43-32-52-54-34-47(42-14-8-5-9-15-42)35-55-53-33-44-25-27-51(31-46(44)37-59(53)63(60(54)55)58(52)36-45(43)30-50)62(49-18-12-7-13-19-49)57-29-39(2)21-23-41(57)4/h5-37H,1-4H3. The topological polar surface area (TPSA) is 10.9 Å². The molecule has 12 rings (SSSR count). The maximum absolute atomic E-state index is 2.54. The van der Waals surface area contributed by atoms with E-state index in [4.69, 9.17) is 0 Å². The van der Waals surface area contributed by atoms with Crippen molar-refractivity contribution in [3.63, 3.8) is 0 Å². The van der Waals surface area contributed by atoms with Gasteiger partial charge in [0.15, 0.2) is 0 Å². The van der Waals surface area contributed by atoms with Crippen LogP contribution in [0.15, 0.2) is 200 Å². The van der Waals surface area contributed by atoms with E-state index in [-0.39, 0.29) is 0 Å². The molecule has 0 aliphatic heterocycles. The molecule has 0 saturated carbocycles. The van der Waals surface area contributed by atoms with E-state index in [9.17, 15) is 0 Å². The van der Waals surface area contributed by atoms with Gasteiger partial charge in [0, 0.05) is 55.7 Å². The van der Waals surface area contributed by atoms with Crippen LogP contribution in [0.1, 0.15) is 22.3 Å². The highest BCUT2D eigenvalue weighted by Crippen LogP contribution is 2.46. The first-order valence-electron chi connectivity index (χ1n) is 21.9. The van der Waals surface area contributed by atoms with Crippen molar-refractivity contribution >= 4 is 93.8 Å². The smallest absolute Gasteiger partial charge is 0.0620 e. The molecule has 63 heavy (non-hydrogen) atoms. The summed E-state index contributed by atoms with van der Waals surface area (Å²) in [6.07, 6.45) is 0. The molecule has 3 heteroatoms. The lowest BCUT2D eigenvalue weighted by Gasteiger charge is -2.27. The zero-order valence-corrected chi connectivity index (χ0v) is 35.9. The zero-order valence-electron chi connectivity index (χ0n) is 35.9. The summed E-state index contributed by atoms with van der Waals surface area (Å²) in [6.45, 7) is 8.76. The van der Waals surface area contributed by atoms with Crippen LogP contribution in [0.4, 0.5) is 34.1 Å². The maximum atomic E-state index is 2.54. The van der Waals surface area contributed by atoms with Crippen LogP contribution in [0, 0.1) is 27.7 Å². The van der Waals surface area contributed by atoms with Crippen molar-refractivity contribution in [2.24, 2.45) is 0 Å². The molecule has 0 aliphatic rings. The first-order valence-corrected chi connectivity index (χ1v) is 21.9. The minimum absolute atomic E-state index is 1.14. The van der Waals surface area contributed by atoms with Gasteiger partial charge in [-0.15, -0.1) is 0 Å². The monoisotopic (exact) mass is 807 g/mol. The summed E-state index contributed by atoms with van der Waals surface area (Å²) in [5.74, 6) is 0. The number of anilines is 6. The molecule has 0 unspecified atom stereocenters. The largest absolute Gasteiger partial charge is 0.310 e. The summed E-state index contributed by atoms with van der Waals surface area (Å²) < 4.78 is 2.54. The van der Waals surface area contributed by atoms with Crippen molar-refractivity contribution in [1.29, 1.82) is 0 Å². The Bertz CT molecular complexity index is 3490. The average Bonchev–Trinajstić information content (AvgIpc) is 3.81. The number of para-hydroxylation sites is 2. The first kappa shape index (κ1) is 36.9. The summed E-state index contributed by atoms with van der Waals surface area (Å²) in [4.78, 5) is 4.81. The number of hydrogen-bond acceptors (Lipinski definition) is 2. The fraction of sp³-hybridized carbons (Fsp3) is 0.0667. The highest BCUT2D eigenvalue weighted by molar-refractivity contribution is 6.27. The third-order valence-electron chi connectivity index (χ3n) is 13.1. The van der Waals surface area contributed by atoms with Crippen LogP contribution < -0.4 is 9.80 Å². The van der Waals surface area contributed by atoms with Gasteiger partial charge < -0.3 is 14.2 Å². The fourth-order valence-electron chi connectivity index (χ4n) is 10.0. The highest BCUT2D eigenvalue weighted by Gasteiger charge is 2.22. The number of benzene rings is 10. The molecule has 0 spiro atoms. The minimum Gasteiger partial charge on any atom is -0.310 e. The third kappa shape index (κ3) is 6.03. The quantitative estimate of drug-likeness (QED) is 0.159. The predicted molar refractivity (Wildman–Crippen MR) is 270 cm³/mol. The van der Waals surface area contributed by atoms with Crippen molar-refractivity contribution in [3.8, 4) is 11.1 Å². The molecule has 0 amide bonds. The van der Waals surface area contributed by atoms with Crippen molar-refractivity contribution in [1.82, 2.24) is 4.40 Å². The number of nitrogens with zero attached hydrogens (tertiary/aromatic N) is 3. The Morgan fingerprint density at radius 3 is 1.22 bits per heavy atom. The van der Waals surface area contributed by atoms with Gasteiger partial charge >= 0.3 is 0 Å². The highest BCUT2D eigenvalue weighted by atomic mass is 15.1. The van der Waals surface area contributed by atoms with Crippen LogP contribution in [0.25, 0.3) is 70.8 Å². The van der Waals surface area contributed by atoms with Crippen LogP contribution in [0.5, 0.6) is 0 Å². The van der Waals surface area contributed by atoms with Crippen LogP contribution in [-0.4, -0.2) is 4.40 Å². The molecule has 0 bridgehead atoms. The van der Waals surface area contributed by atoms with E-state index in [0.29, 0.717) is 0 Å². The van der Waals surface area contributed by atoms with Crippen molar-refractivity contribution in [2.45, 2.75) is 27.7 Å². The van der Waals surface area contributed by atoms with E-state index in [1.165, 1.54) is 104 Å². The maximum Gasteiger partial charge on any atom is 0.0620 e. The molecule has 2 heterocycles. The molecule has 3 nitrogen and oxygen atoms in total. The summed E-state index contributed by atoms with van der Waals surface area (Å²) in [5.41, 5.74) is 18.0. The van der Waals surface area contributed by atoms with Crippen molar-refractivity contribution in [3.05, 3.63) is 222 Å². The Hall–Kier alpha value is -7.88. The molecule has 0 N–H and O–H groups in total. The molecule has 10 aromatic carbocycles. The second-order valence-corrected chi connectivity index (χ2v) is 17.3. The Labute approximate surface area is 367 Å². The van der Waals surface area contributed by atoms with Crippen LogP contribution >= 0.6 is 0 Å². The molecule has 0 saturated heterocycles. The summed E-state index contributed by atoms with van der Waals surface area (Å²) >= 11 is 0. The molecule has 2 aromatic heterocycles. The Morgan fingerprint density at radius 2 is 0.762 bits per heavy atom. The van der Waals surface area contributed by atoms with E-state index in [1.54, 1.807) is 0 Å². The Kier molecular flexibility index (Phi) is 8.42. The second-order valence-electron chi connectivity index (χ2n) is 17.3. The van der Waals surface area contributed by atoms with E-state index in [0.717, 1.165) is 22.7 Å². The molecule has 0 fully saturated rings. The van der Waals surface area contributed by atoms with Gasteiger partial charge in [0.2, 0.25) is 0 Å². The van der Waals surface area contributed by atoms with E-state index in [2.05, 4.69) is 242 Å². The van der Waals surface area contributed by atoms with Gasteiger partial charge in [0.05, 0.1) is 16.6 Å². The van der Waals surface area contributed by atoms with Gasteiger partial charge in [-0.2, -0.15) is 0 Å². The summed E-state index contributed by atoms with van der Waals surface area (Å²) in [5, 5.41) is 9.95. The number of aryl methyl sites for hydroxylation is 4. The number of aromatic nitrogens is 1. The Balaban J connectivity index is 1.12. The van der Waals surface area contributed by atoms with Crippen LogP contribution in [0.2, 0.25) is 0 Å². The van der Waals surface area contributed by atoms with Gasteiger partial charge in [0.25, 0.3) is 0 Å². The van der Waals surface area contributed by atoms with Gasteiger partial charge in [0.1, 0.15) is 0 Å². The lowest BCUT2D eigenvalue weighted by atomic mass is 9.97. The van der Waals surface area contributed by atoms with E-state index < -0.39 is 0 Å². The molecule has 0 aliphatic carbocycles. The average molecular weight is 808 g/mol. The first-order chi connectivity index (χ1) is 30.9. The van der Waals surface area contributed by atoms with E-state index in [1.807, 2.05) is 0 Å². The molecular weight excluding hydrogens is 763 g/mol. The summed E-state index contributed by atoms with van der Waals surface area (Å²) in [6, 6.07) is 74.2. The number of fused-ring (bicyclic) bond motifs is 8. The molecule has 0 atom stereocenters. The molecule has 300 valence electrons.